The Hall–Kier alpha value is -1.21. The monoisotopic (exact) mass is 323 g/mol. The van der Waals surface area contributed by atoms with Crippen molar-refractivity contribution in [3.05, 3.63) is 23.5 Å². The van der Waals surface area contributed by atoms with E-state index in [9.17, 15) is 0 Å². The van der Waals surface area contributed by atoms with Crippen molar-refractivity contribution in [2.75, 3.05) is 13.3 Å². The number of rotatable bonds is 4. The first-order valence-corrected chi connectivity index (χ1v) is 9.36. The van der Waals surface area contributed by atoms with E-state index >= 15 is 0 Å². The normalized spacial score (nSPS) is 22.9. The molecule has 2 unspecified atom stereocenters. The maximum absolute atomic E-state index is 4.57. The van der Waals surface area contributed by atoms with Gasteiger partial charge in [-0.05, 0) is 25.5 Å². The van der Waals surface area contributed by atoms with Crippen molar-refractivity contribution in [1.29, 1.82) is 0 Å². The number of thioether (sulfide) groups is 1. The summed E-state index contributed by atoms with van der Waals surface area (Å²) >= 11 is 3.63. The number of thiazole rings is 1. The molecule has 2 heterocycles. The van der Waals surface area contributed by atoms with Crippen LogP contribution in [0.5, 0.6) is 0 Å². The van der Waals surface area contributed by atoms with Crippen molar-refractivity contribution in [3.8, 4) is 0 Å². The van der Waals surface area contributed by atoms with Crippen LogP contribution in [-0.4, -0.2) is 39.9 Å². The summed E-state index contributed by atoms with van der Waals surface area (Å²) < 4.78 is 2.05. The number of hydrogen-bond acceptors (Lipinski definition) is 4. The molecule has 0 saturated heterocycles. The number of guanidine groups is 1. The topological polar surface area (TPSA) is 53.7 Å². The largest absolute Gasteiger partial charge is 0.354 e. The second-order valence-corrected chi connectivity index (χ2v) is 7.27. The third kappa shape index (κ3) is 3.52. The van der Waals surface area contributed by atoms with E-state index in [4.69, 9.17) is 0 Å². The molecule has 1 saturated carbocycles. The molecule has 114 valence electrons. The Labute approximate surface area is 133 Å². The number of imidazole rings is 1. The first kappa shape index (κ1) is 14.7. The lowest BCUT2D eigenvalue weighted by atomic mass is 10.2. The van der Waals surface area contributed by atoms with Crippen molar-refractivity contribution in [1.82, 2.24) is 20.0 Å². The quantitative estimate of drug-likeness (QED) is 0.670. The highest BCUT2D eigenvalue weighted by molar-refractivity contribution is 7.99. The smallest absolute Gasteiger partial charge is 0.193 e. The molecule has 21 heavy (non-hydrogen) atoms. The van der Waals surface area contributed by atoms with E-state index in [1.165, 1.54) is 19.3 Å². The predicted molar refractivity (Wildman–Crippen MR) is 91.3 cm³/mol. The molecule has 0 aromatic carbocycles. The number of nitrogens with one attached hydrogen (secondary N) is 2. The van der Waals surface area contributed by atoms with Crippen LogP contribution in [-0.2, 0) is 6.54 Å². The van der Waals surface area contributed by atoms with E-state index in [1.54, 1.807) is 11.3 Å². The minimum absolute atomic E-state index is 0.541. The molecule has 2 aromatic rings. The molecule has 3 rings (SSSR count). The van der Waals surface area contributed by atoms with E-state index in [2.05, 4.69) is 37.5 Å². The Morgan fingerprint density at radius 3 is 3.19 bits per heavy atom. The lowest BCUT2D eigenvalue weighted by Crippen LogP contribution is -2.42. The van der Waals surface area contributed by atoms with E-state index in [0.717, 1.165) is 21.9 Å². The fraction of sp³-hybridized carbons (Fsp3) is 0.571. The van der Waals surface area contributed by atoms with Gasteiger partial charge in [-0.25, -0.2) is 4.98 Å². The van der Waals surface area contributed by atoms with Crippen molar-refractivity contribution in [3.63, 3.8) is 0 Å². The van der Waals surface area contributed by atoms with Crippen LogP contribution in [0.3, 0.4) is 0 Å². The molecule has 2 aromatic heterocycles. The van der Waals surface area contributed by atoms with Gasteiger partial charge in [-0.2, -0.15) is 11.8 Å². The SMILES string of the molecule is CN=C(NCc1cn2ccsc2n1)NC1CCC(SC)C1. The first-order chi connectivity index (χ1) is 10.3. The Bertz CT molecular complexity index is 589. The highest BCUT2D eigenvalue weighted by atomic mass is 32.2. The van der Waals surface area contributed by atoms with Crippen LogP contribution in [0.4, 0.5) is 0 Å². The molecule has 1 fully saturated rings. The second-order valence-electron chi connectivity index (χ2n) is 5.26. The van der Waals surface area contributed by atoms with Gasteiger partial charge in [-0.15, -0.1) is 11.3 Å². The molecular formula is C14H21N5S2. The maximum atomic E-state index is 4.57. The molecular weight excluding hydrogens is 302 g/mol. The summed E-state index contributed by atoms with van der Waals surface area (Å²) in [5, 5.41) is 9.71. The Morgan fingerprint density at radius 1 is 1.57 bits per heavy atom. The van der Waals surface area contributed by atoms with Gasteiger partial charge in [0.25, 0.3) is 0 Å². The van der Waals surface area contributed by atoms with E-state index in [1.807, 2.05) is 30.4 Å². The summed E-state index contributed by atoms with van der Waals surface area (Å²) in [5.74, 6) is 0.873. The zero-order valence-corrected chi connectivity index (χ0v) is 14.0. The van der Waals surface area contributed by atoms with Crippen molar-refractivity contribution in [2.24, 2.45) is 4.99 Å². The summed E-state index contributed by atoms with van der Waals surface area (Å²) in [4.78, 5) is 9.92. The van der Waals surface area contributed by atoms with Crippen LogP contribution >= 0.6 is 23.1 Å². The molecule has 2 atom stereocenters. The summed E-state index contributed by atoms with van der Waals surface area (Å²) in [6.45, 7) is 0.701. The van der Waals surface area contributed by atoms with E-state index < -0.39 is 0 Å². The van der Waals surface area contributed by atoms with Crippen LogP contribution in [0.25, 0.3) is 4.96 Å². The van der Waals surface area contributed by atoms with Crippen LogP contribution in [0.15, 0.2) is 22.8 Å². The minimum Gasteiger partial charge on any atom is -0.354 e. The van der Waals surface area contributed by atoms with Gasteiger partial charge >= 0.3 is 0 Å². The molecule has 7 heteroatoms. The van der Waals surface area contributed by atoms with Gasteiger partial charge in [0.2, 0.25) is 0 Å². The van der Waals surface area contributed by atoms with Crippen molar-refractivity contribution in [2.45, 2.75) is 37.1 Å². The van der Waals surface area contributed by atoms with Crippen LogP contribution in [0, 0.1) is 0 Å². The molecule has 0 spiro atoms. The molecule has 2 N–H and O–H groups in total. The van der Waals surface area contributed by atoms with Crippen molar-refractivity contribution >= 4 is 34.0 Å². The number of aromatic nitrogens is 2. The highest BCUT2D eigenvalue weighted by Crippen LogP contribution is 2.27. The summed E-state index contributed by atoms with van der Waals surface area (Å²) in [6, 6.07) is 0.541. The fourth-order valence-electron chi connectivity index (χ4n) is 2.71. The number of hydrogen-bond donors (Lipinski definition) is 2. The number of nitrogens with zero attached hydrogens (tertiary/aromatic N) is 3. The Morgan fingerprint density at radius 2 is 2.48 bits per heavy atom. The number of aliphatic imine (C=N–C) groups is 1. The average molecular weight is 323 g/mol. The van der Waals surface area contributed by atoms with Crippen LogP contribution < -0.4 is 10.6 Å². The van der Waals surface area contributed by atoms with Crippen molar-refractivity contribution < 1.29 is 0 Å². The van der Waals surface area contributed by atoms with Gasteiger partial charge in [0.1, 0.15) is 0 Å². The zero-order valence-electron chi connectivity index (χ0n) is 12.4. The molecule has 1 aliphatic rings. The third-order valence-electron chi connectivity index (χ3n) is 3.86. The molecule has 5 nitrogen and oxygen atoms in total. The summed E-state index contributed by atoms with van der Waals surface area (Å²) in [5.41, 5.74) is 1.04. The molecule has 0 radical (unpaired) electrons. The Kier molecular flexibility index (Phi) is 4.70. The number of fused-ring (bicyclic) bond motifs is 1. The second kappa shape index (κ2) is 6.70. The van der Waals surface area contributed by atoms with Gasteiger partial charge in [0.15, 0.2) is 10.9 Å². The standard InChI is InChI=1S/C14H21N5S2/c1-15-13(17-10-3-4-12(7-10)20-2)16-8-11-9-19-5-6-21-14(19)18-11/h5-6,9-10,12H,3-4,7-8H2,1-2H3,(H2,15,16,17). The fourth-order valence-corrected chi connectivity index (χ4v) is 4.22. The summed E-state index contributed by atoms with van der Waals surface area (Å²) in [6.07, 6.45) is 10.0. The zero-order chi connectivity index (χ0) is 14.7. The summed E-state index contributed by atoms with van der Waals surface area (Å²) in [7, 11) is 1.82. The van der Waals surface area contributed by atoms with Crippen LogP contribution in [0.2, 0.25) is 0 Å². The molecule has 0 aliphatic heterocycles. The predicted octanol–water partition coefficient (Wildman–Crippen LogP) is 2.34. The van der Waals surface area contributed by atoms with E-state index in [-0.39, 0.29) is 0 Å². The first-order valence-electron chi connectivity index (χ1n) is 7.19. The minimum atomic E-state index is 0.541. The molecule has 0 amide bonds. The van der Waals surface area contributed by atoms with Crippen LogP contribution in [0.1, 0.15) is 25.0 Å². The Balaban J connectivity index is 1.52. The van der Waals surface area contributed by atoms with Gasteiger partial charge in [-0.3, -0.25) is 9.39 Å². The maximum Gasteiger partial charge on any atom is 0.193 e. The van der Waals surface area contributed by atoms with Gasteiger partial charge in [0, 0.05) is 36.1 Å². The lowest BCUT2D eigenvalue weighted by Gasteiger charge is -2.16. The van der Waals surface area contributed by atoms with Gasteiger partial charge in [-0.1, -0.05) is 0 Å². The van der Waals surface area contributed by atoms with Gasteiger partial charge in [0.05, 0.1) is 12.2 Å². The average Bonchev–Trinajstić information content (AvgIpc) is 3.18. The molecule has 0 bridgehead atoms. The molecule has 1 aliphatic carbocycles. The van der Waals surface area contributed by atoms with E-state index in [0.29, 0.717) is 12.6 Å². The lowest BCUT2D eigenvalue weighted by molar-refractivity contribution is 0.614. The third-order valence-corrected chi connectivity index (χ3v) is 5.73. The van der Waals surface area contributed by atoms with Gasteiger partial charge < -0.3 is 10.6 Å². The highest BCUT2D eigenvalue weighted by Gasteiger charge is 2.24.